The van der Waals surface area contributed by atoms with Crippen LogP contribution in [-0.2, 0) is 21.6 Å². The lowest BCUT2D eigenvalue weighted by atomic mass is 9.83. The highest BCUT2D eigenvalue weighted by Crippen LogP contribution is 2.38. The van der Waals surface area contributed by atoms with Gasteiger partial charge in [-0.3, -0.25) is 0 Å². The topological polar surface area (TPSA) is 64.5 Å². The van der Waals surface area contributed by atoms with Crippen LogP contribution in [0.4, 0.5) is 30.7 Å². The van der Waals surface area contributed by atoms with Gasteiger partial charge in [-0.25, -0.2) is 4.39 Å². The number of benzene rings is 1. The molecule has 0 heterocycles. The normalized spacial score (nSPS) is 18.8. The molecule has 0 spiro atoms. The molecule has 1 rings (SSSR count). The molecule has 29 heavy (non-hydrogen) atoms. The quantitative estimate of drug-likeness (QED) is 0.485. The van der Waals surface area contributed by atoms with Crippen LogP contribution in [0.1, 0.15) is 33.3 Å². The first kappa shape index (κ1) is 26.0. The second-order valence-electron chi connectivity index (χ2n) is 7.50. The third-order valence-electron chi connectivity index (χ3n) is 3.91. The number of rotatable bonds is 7. The fourth-order valence-electron chi connectivity index (χ4n) is 2.42. The molecular formula is C17H22F7NO3S. The molecule has 0 aliphatic carbocycles. The van der Waals surface area contributed by atoms with Gasteiger partial charge in [0.2, 0.25) is 0 Å². The Morgan fingerprint density at radius 1 is 1.07 bits per heavy atom. The predicted octanol–water partition coefficient (Wildman–Crippen LogP) is 3.96. The van der Waals surface area contributed by atoms with Gasteiger partial charge in [-0.05, 0) is 33.8 Å². The molecule has 1 aromatic carbocycles. The Bertz CT molecular complexity index is 678. The second kappa shape index (κ2) is 8.96. The SMILES string of the molecule is CC(C)(C)[S@@+]([O-])N[C@](C)(c1ccccc1F)[C@@H](OCC(F)(F)F)[C@H](O)C(F)(F)F. The summed E-state index contributed by atoms with van der Waals surface area (Å²) in [5.41, 5.74) is -2.99. The van der Waals surface area contributed by atoms with E-state index in [0.29, 0.717) is 0 Å². The molecule has 0 bridgehead atoms. The summed E-state index contributed by atoms with van der Waals surface area (Å²) in [4.78, 5) is 0. The molecule has 0 saturated carbocycles. The van der Waals surface area contributed by atoms with Gasteiger partial charge < -0.3 is 14.4 Å². The zero-order valence-electron chi connectivity index (χ0n) is 16.0. The third kappa shape index (κ3) is 6.99. The van der Waals surface area contributed by atoms with E-state index in [2.05, 4.69) is 9.46 Å². The first-order valence-corrected chi connectivity index (χ1v) is 9.42. The number of ether oxygens (including phenoxy) is 1. The van der Waals surface area contributed by atoms with E-state index in [9.17, 15) is 40.4 Å². The van der Waals surface area contributed by atoms with Crippen molar-refractivity contribution in [3.8, 4) is 0 Å². The van der Waals surface area contributed by atoms with E-state index in [-0.39, 0.29) is 0 Å². The largest absolute Gasteiger partial charge is 0.598 e. The van der Waals surface area contributed by atoms with Crippen molar-refractivity contribution >= 4 is 11.4 Å². The van der Waals surface area contributed by atoms with Crippen LogP contribution in [0.2, 0.25) is 0 Å². The van der Waals surface area contributed by atoms with Gasteiger partial charge in [-0.1, -0.05) is 18.2 Å². The van der Waals surface area contributed by atoms with Crippen LogP contribution in [-0.4, -0.2) is 45.6 Å². The second-order valence-corrected chi connectivity index (χ2v) is 9.46. The fourth-order valence-corrected chi connectivity index (χ4v) is 3.34. The van der Waals surface area contributed by atoms with Gasteiger partial charge in [0.1, 0.15) is 28.8 Å². The lowest BCUT2D eigenvalue weighted by Crippen LogP contribution is -2.62. The minimum atomic E-state index is -5.40. The van der Waals surface area contributed by atoms with Crippen molar-refractivity contribution in [3.63, 3.8) is 0 Å². The van der Waals surface area contributed by atoms with Crippen LogP contribution in [0.15, 0.2) is 24.3 Å². The highest BCUT2D eigenvalue weighted by Gasteiger charge is 2.56. The molecular weight excluding hydrogens is 431 g/mol. The number of hydrogen-bond donors (Lipinski definition) is 2. The van der Waals surface area contributed by atoms with Crippen molar-refractivity contribution in [3.05, 3.63) is 35.6 Å². The molecule has 2 N–H and O–H groups in total. The minimum absolute atomic E-state index is 0.548. The van der Waals surface area contributed by atoms with Gasteiger partial charge in [0.15, 0.2) is 6.10 Å². The monoisotopic (exact) mass is 453 g/mol. The fraction of sp³-hybridized carbons (Fsp3) is 0.647. The smallest absolute Gasteiger partial charge is 0.417 e. The summed E-state index contributed by atoms with van der Waals surface area (Å²) >= 11 is -2.16. The summed E-state index contributed by atoms with van der Waals surface area (Å²) in [7, 11) is 0. The Balaban J connectivity index is 3.59. The average molecular weight is 453 g/mol. The summed E-state index contributed by atoms with van der Waals surface area (Å²) in [6.45, 7) is 3.10. The van der Waals surface area contributed by atoms with E-state index in [0.717, 1.165) is 19.1 Å². The van der Waals surface area contributed by atoms with Crippen LogP contribution in [0.25, 0.3) is 0 Å². The molecule has 0 unspecified atom stereocenters. The number of aliphatic hydroxyl groups is 1. The Morgan fingerprint density at radius 2 is 1.59 bits per heavy atom. The zero-order valence-corrected chi connectivity index (χ0v) is 16.8. The van der Waals surface area contributed by atoms with Gasteiger partial charge >= 0.3 is 12.4 Å². The molecule has 0 aromatic heterocycles. The first-order chi connectivity index (χ1) is 12.9. The van der Waals surface area contributed by atoms with Crippen molar-refractivity contribution in [1.29, 1.82) is 0 Å². The molecule has 0 saturated heterocycles. The summed E-state index contributed by atoms with van der Waals surface area (Å²) in [6.07, 6.45) is -16.5. The van der Waals surface area contributed by atoms with Crippen LogP contribution < -0.4 is 4.72 Å². The molecule has 1 aromatic rings. The van der Waals surface area contributed by atoms with Gasteiger partial charge in [0.05, 0.1) is 0 Å². The van der Waals surface area contributed by atoms with E-state index in [1.54, 1.807) is 0 Å². The van der Waals surface area contributed by atoms with E-state index >= 15 is 0 Å². The minimum Gasteiger partial charge on any atom is -0.598 e. The molecule has 4 atom stereocenters. The summed E-state index contributed by atoms with van der Waals surface area (Å²) < 4.78 is 110. The third-order valence-corrected chi connectivity index (χ3v) is 5.63. The van der Waals surface area contributed by atoms with Gasteiger partial charge in [0.25, 0.3) is 0 Å². The molecule has 0 aliphatic heterocycles. The number of aliphatic hydroxyl groups excluding tert-OH is 1. The van der Waals surface area contributed by atoms with Crippen LogP contribution in [0.5, 0.6) is 0 Å². The maximum Gasteiger partial charge on any atom is 0.417 e. The Labute approximate surface area is 166 Å². The molecule has 12 heteroatoms. The number of halogens is 7. The molecule has 0 fully saturated rings. The first-order valence-electron chi connectivity index (χ1n) is 8.27. The molecule has 4 nitrogen and oxygen atoms in total. The van der Waals surface area contributed by atoms with Crippen molar-refractivity contribution in [2.24, 2.45) is 0 Å². The van der Waals surface area contributed by atoms with Gasteiger partial charge in [0, 0.05) is 16.9 Å². The Morgan fingerprint density at radius 3 is 2.00 bits per heavy atom. The molecule has 168 valence electrons. The lowest BCUT2D eigenvalue weighted by molar-refractivity contribution is -0.266. The van der Waals surface area contributed by atoms with E-state index < -0.39 is 64.2 Å². The average Bonchev–Trinajstić information content (AvgIpc) is 2.52. The van der Waals surface area contributed by atoms with Crippen LogP contribution in [0.3, 0.4) is 0 Å². The van der Waals surface area contributed by atoms with Gasteiger partial charge in [-0.2, -0.15) is 26.3 Å². The lowest BCUT2D eigenvalue weighted by Gasteiger charge is -2.42. The summed E-state index contributed by atoms with van der Waals surface area (Å²) in [5.74, 6) is -1.08. The van der Waals surface area contributed by atoms with Crippen molar-refractivity contribution in [2.45, 2.75) is 62.5 Å². The van der Waals surface area contributed by atoms with E-state index in [1.807, 2.05) is 0 Å². The van der Waals surface area contributed by atoms with Crippen molar-refractivity contribution in [2.75, 3.05) is 6.61 Å². The summed E-state index contributed by atoms with van der Waals surface area (Å²) in [6, 6.07) is 4.33. The highest BCUT2D eigenvalue weighted by molar-refractivity contribution is 7.90. The van der Waals surface area contributed by atoms with Crippen LogP contribution >= 0.6 is 0 Å². The molecule has 0 amide bonds. The zero-order chi connectivity index (χ0) is 22.8. The number of hydrogen-bond acceptors (Lipinski definition) is 4. The van der Waals surface area contributed by atoms with Crippen LogP contribution in [0, 0.1) is 5.82 Å². The van der Waals surface area contributed by atoms with Crippen molar-refractivity contribution < 1.29 is 45.1 Å². The Hall–Kier alpha value is -1.08. The predicted molar refractivity (Wildman–Crippen MR) is 92.6 cm³/mol. The highest BCUT2D eigenvalue weighted by atomic mass is 32.2. The van der Waals surface area contributed by atoms with Crippen molar-refractivity contribution in [1.82, 2.24) is 4.72 Å². The Kier molecular flexibility index (Phi) is 8.02. The number of nitrogens with one attached hydrogen (secondary N) is 1. The number of alkyl halides is 6. The molecule has 0 aliphatic rings. The van der Waals surface area contributed by atoms with Gasteiger partial charge in [-0.15, -0.1) is 4.72 Å². The van der Waals surface area contributed by atoms with E-state index in [1.165, 1.54) is 32.9 Å². The summed E-state index contributed by atoms with van der Waals surface area (Å²) in [5, 5.41) is 9.77. The maximum absolute atomic E-state index is 14.4. The standard InChI is InChI=1S/C17H22F7NO3S/c1-14(2,3)29(27)25-15(4,10-7-5-6-8-11(10)18)13(12(26)17(22,23)24)28-9-16(19,20)21/h5-8,12-13,25-26H,9H2,1-4H3/t12-,13-,15+,29+/m0/s1. The molecule has 0 radical (unpaired) electrons. The van der Waals surface area contributed by atoms with E-state index in [4.69, 9.17) is 0 Å². The maximum atomic E-state index is 14.4.